The van der Waals surface area contributed by atoms with E-state index < -0.39 is 0 Å². The van der Waals surface area contributed by atoms with Gasteiger partial charge >= 0.3 is 0 Å². The molecule has 8 nitrogen and oxygen atoms in total. The fourth-order valence-corrected chi connectivity index (χ4v) is 5.87. The predicted molar refractivity (Wildman–Crippen MR) is 241 cm³/mol. The summed E-state index contributed by atoms with van der Waals surface area (Å²) < 4.78 is 11.9. The smallest absolute Gasteiger partial charge is 0.185 e. The zero-order chi connectivity index (χ0) is 42.5. The lowest BCUT2D eigenvalue weighted by atomic mass is 9.97. The highest BCUT2D eigenvalue weighted by atomic mass is 16.5. The van der Waals surface area contributed by atoms with Gasteiger partial charge in [0.1, 0.15) is 23.0 Å². The monoisotopic (exact) mass is 782 g/mol. The van der Waals surface area contributed by atoms with Crippen molar-refractivity contribution in [2.45, 2.75) is 66.2 Å². The highest BCUT2D eigenvalue weighted by Crippen LogP contribution is 2.39. The number of ketones is 2. The normalized spacial score (nSPS) is 11.2. The highest BCUT2D eigenvalue weighted by Gasteiger charge is 2.19. The molecule has 0 aliphatic rings. The minimum Gasteiger partial charge on any atom is -0.507 e. The molecular weight excluding hydrogens is 725 g/mol. The van der Waals surface area contributed by atoms with E-state index in [9.17, 15) is 19.8 Å². The second kappa shape index (κ2) is 24.2. The fourth-order valence-electron chi connectivity index (χ4n) is 5.87. The number of hydrogen-bond donors (Lipinski definition) is 4. The fraction of sp³-hybridized carbons (Fsp3) is 0.240. The van der Waals surface area contributed by atoms with Gasteiger partial charge in [-0.2, -0.15) is 0 Å². The SMILES string of the molecule is C=CCc1cc(CC=C)c(OCCC)c(C=CC(=O)c2ccc(N)cc2)c1O.CC=CCc1cc(CC=CC)c(OCCC)c(C=CC(=O)c2ccc(N)cc2)c1O. The van der Waals surface area contributed by atoms with Crippen LogP contribution >= 0.6 is 0 Å². The van der Waals surface area contributed by atoms with Crippen LogP contribution in [-0.4, -0.2) is 35.0 Å². The maximum atomic E-state index is 12.6. The van der Waals surface area contributed by atoms with Crippen molar-refractivity contribution in [3.63, 3.8) is 0 Å². The van der Waals surface area contributed by atoms with E-state index in [0.717, 1.165) is 35.1 Å². The molecule has 0 aliphatic heterocycles. The molecule has 4 rings (SSSR count). The van der Waals surface area contributed by atoms with Gasteiger partial charge in [0.05, 0.1) is 24.3 Å². The van der Waals surface area contributed by atoms with Crippen molar-refractivity contribution in [3.05, 3.63) is 167 Å². The van der Waals surface area contributed by atoms with E-state index in [2.05, 4.69) is 19.2 Å². The minimum atomic E-state index is -0.180. The standard InChI is InChI=1S/C26H31NO3.C24H27NO3/c1-4-7-9-20-18-21(10-8-5-2)26(30-17-6-3)23(25(20)29)15-16-24(28)19-11-13-22(27)14-12-19;1-4-7-18-16-19(8-5-2)24(28-15-6-3)21(23(18)27)13-14-22(26)17-9-11-20(25)12-10-17/h4-5,7-8,11-16,18,29H,6,9-10,17,27H2,1-3H3;4-5,9-14,16,27H,1-2,6-8,15,25H2,3H3. The molecule has 0 saturated heterocycles. The van der Waals surface area contributed by atoms with E-state index in [1.54, 1.807) is 72.8 Å². The quantitative estimate of drug-likeness (QED) is 0.0300. The van der Waals surface area contributed by atoms with Crippen molar-refractivity contribution >= 4 is 35.1 Å². The summed E-state index contributed by atoms with van der Waals surface area (Å²) in [5.41, 5.74) is 18.1. The summed E-state index contributed by atoms with van der Waals surface area (Å²) in [5, 5.41) is 21.7. The first-order chi connectivity index (χ1) is 28.0. The van der Waals surface area contributed by atoms with Crippen LogP contribution in [0.15, 0.2) is 122 Å². The van der Waals surface area contributed by atoms with Gasteiger partial charge in [-0.05, 0) is 160 Å². The first-order valence-corrected chi connectivity index (χ1v) is 19.6. The van der Waals surface area contributed by atoms with Crippen LogP contribution in [0.4, 0.5) is 11.4 Å². The summed E-state index contributed by atoms with van der Waals surface area (Å²) >= 11 is 0. The number of nitrogens with two attached hydrogens (primary N) is 2. The molecule has 0 aromatic heterocycles. The molecule has 0 bridgehead atoms. The zero-order valence-corrected chi connectivity index (χ0v) is 34.3. The van der Waals surface area contributed by atoms with Crippen molar-refractivity contribution < 1.29 is 29.3 Å². The number of anilines is 2. The Bertz CT molecular complexity index is 2120. The number of allylic oxidation sites excluding steroid dienone is 8. The molecule has 0 radical (unpaired) electrons. The Morgan fingerprint density at radius 1 is 0.603 bits per heavy atom. The third-order valence-electron chi connectivity index (χ3n) is 8.86. The molecule has 0 fully saturated rings. The second-order valence-electron chi connectivity index (χ2n) is 13.4. The van der Waals surface area contributed by atoms with Crippen LogP contribution in [0.3, 0.4) is 0 Å². The maximum absolute atomic E-state index is 12.6. The Hall–Kier alpha value is -6.54. The summed E-state index contributed by atoms with van der Waals surface area (Å²) in [6.07, 6.45) is 21.7. The zero-order valence-electron chi connectivity index (χ0n) is 34.3. The molecule has 304 valence electrons. The average Bonchev–Trinajstić information content (AvgIpc) is 3.22. The van der Waals surface area contributed by atoms with E-state index in [0.29, 0.717) is 84.0 Å². The summed E-state index contributed by atoms with van der Waals surface area (Å²) in [7, 11) is 0. The molecule has 0 amide bonds. The number of carbonyl (C=O) groups is 2. The molecule has 0 unspecified atom stereocenters. The third-order valence-corrected chi connectivity index (χ3v) is 8.86. The van der Waals surface area contributed by atoms with Crippen LogP contribution in [0.1, 0.15) is 94.6 Å². The van der Waals surface area contributed by atoms with E-state index >= 15 is 0 Å². The van der Waals surface area contributed by atoms with Gasteiger partial charge in [-0.1, -0.05) is 50.3 Å². The molecule has 58 heavy (non-hydrogen) atoms. The van der Waals surface area contributed by atoms with Crippen LogP contribution in [0, 0.1) is 0 Å². The Morgan fingerprint density at radius 3 is 1.34 bits per heavy atom. The lowest BCUT2D eigenvalue weighted by Gasteiger charge is -2.17. The Morgan fingerprint density at radius 2 is 0.966 bits per heavy atom. The van der Waals surface area contributed by atoms with Crippen molar-refractivity contribution in [2.24, 2.45) is 0 Å². The Balaban J connectivity index is 0.000000311. The van der Waals surface area contributed by atoms with Gasteiger partial charge in [0, 0.05) is 22.5 Å². The van der Waals surface area contributed by atoms with Crippen LogP contribution in [0.25, 0.3) is 12.2 Å². The van der Waals surface area contributed by atoms with Gasteiger partial charge in [0.2, 0.25) is 0 Å². The third kappa shape index (κ3) is 13.3. The molecule has 0 heterocycles. The lowest BCUT2D eigenvalue weighted by molar-refractivity contribution is 0.103. The number of hydrogen-bond acceptors (Lipinski definition) is 8. The summed E-state index contributed by atoms with van der Waals surface area (Å²) in [5.74, 6) is 1.10. The Labute approximate surface area is 344 Å². The van der Waals surface area contributed by atoms with Crippen molar-refractivity contribution in [3.8, 4) is 23.0 Å². The van der Waals surface area contributed by atoms with Crippen molar-refractivity contribution in [1.82, 2.24) is 0 Å². The number of phenols is 2. The van der Waals surface area contributed by atoms with E-state index in [-0.39, 0.29) is 23.1 Å². The molecule has 0 saturated carbocycles. The number of aromatic hydroxyl groups is 2. The first-order valence-electron chi connectivity index (χ1n) is 19.6. The summed E-state index contributed by atoms with van der Waals surface area (Å²) in [4.78, 5) is 25.1. The minimum absolute atomic E-state index is 0.0974. The number of benzene rings is 4. The van der Waals surface area contributed by atoms with Gasteiger partial charge in [0.15, 0.2) is 11.6 Å². The van der Waals surface area contributed by atoms with Gasteiger partial charge < -0.3 is 31.2 Å². The first kappa shape index (κ1) is 45.8. The molecule has 8 heteroatoms. The number of ether oxygens (including phenoxy) is 2. The largest absolute Gasteiger partial charge is 0.507 e. The van der Waals surface area contributed by atoms with Gasteiger partial charge in [-0.25, -0.2) is 0 Å². The lowest BCUT2D eigenvalue weighted by Crippen LogP contribution is -2.03. The van der Waals surface area contributed by atoms with Gasteiger partial charge in [-0.15, -0.1) is 13.2 Å². The number of phenolic OH excluding ortho intramolecular Hbond substituents is 2. The number of rotatable bonds is 20. The highest BCUT2D eigenvalue weighted by molar-refractivity contribution is 6.08. The maximum Gasteiger partial charge on any atom is 0.185 e. The van der Waals surface area contributed by atoms with Crippen LogP contribution in [0.2, 0.25) is 0 Å². The van der Waals surface area contributed by atoms with Crippen molar-refractivity contribution in [2.75, 3.05) is 24.7 Å². The van der Waals surface area contributed by atoms with Crippen LogP contribution < -0.4 is 20.9 Å². The van der Waals surface area contributed by atoms with E-state index in [4.69, 9.17) is 20.9 Å². The molecular formula is C50H58N2O6. The Kier molecular flexibility index (Phi) is 19.1. The predicted octanol–water partition coefficient (Wildman–Crippen LogP) is 11.0. The average molecular weight is 783 g/mol. The number of nitrogen functional groups attached to an aromatic ring is 2. The molecule has 0 atom stereocenters. The molecule has 0 aliphatic carbocycles. The van der Waals surface area contributed by atoms with Gasteiger partial charge in [0.25, 0.3) is 0 Å². The summed E-state index contributed by atoms with van der Waals surface area (Å²) in [6.45, 7) is 16.6. The number of carbonyl (C=O) groups excluding carboxylic acids is 2. The van der Waals surface area contributed by atoms with Crippen LogP contribution in [0.5, 0.6) is 23.0 Å². The van der Waals surface area contributed by atoms with E-state index in [1.165, 1.54) is 12.2 Å². The second-order valence-corrected chi connectivity index (χ2v) is 13.4. The molecule has 4 aromatic carbocycles. The molecule has 0 spiro atoms. The molecule has 6 N–H and O–H groups in total. The van der Waals surface area contributed by atoms with E-state index in [1.807, 2.05) is 58.1 Å². The van der Waals surface area contributed by atoms with Crippen LogP contribution in [-0.2, 0) is 25.7 Å². The topological polar surface area (TPSA) is 145 Å². The summed E-state index contributed by atoms with van der Waals surface area (Å²) in [6, 6.07) is 17.4. The molecule has 4 aromatic rings. The van der Waals surface area contributed by atoms with Gasteiger partial charge in [-0.3, -0.25) is 9.59 Å². The van der Waals surface area contributed by atoms with Crippen molar-refractivity contribution in [1.29, 1.82) is 0 Å².